The van der Waals surface area contributed by atoms with E-state index < -0.39 is 0 Å². The molecule has 2 aliphatic rings. The number of nitrogens with zero attached hydrogens (tertiary/aromatic N) is 1. The van der Waals surface area contributed by atoms with Gasteiger partial charge in [0, 0.05) is 34.9 Å². The molecule has 1 aromatic heterocycles. The molecule has 0 bridgehead atoms. The fourth-order valence-electron chi connectivity index (χ4n) is 3.21. The average molecular weight is 251 g/mol. The maximum absolute atomic E-state index is 5.62. The fraction of sp³-hybridized carbons (Fsp3) is 0.714. The second kappa shape index (κ2) is 4.71. The van der Waals surface area contributed by atoms with Gasteiger partial charge in [-0.2, -0.15) is 0 Å². The Bertz CT molecular complexity index is 381. The number of thiophene rings is 1. The Hall–Kier alpha value is -0.380. The highest BCUT2D eigenvalue weighted by Gasteiger charge is 2.38. The number of likely N-dealkylation sites (tertiary alicyclic amines) is 1. The third-order valence-corrected chi connectivity index (χ3v) is 5.09. The quantitative estimate of drug-likeness (QED) is 0.801. The zero-order valence-electron chi connectivity index (χ0n) is 10.6. The molecular formula is C14H21NOS. The van der Waals surface area contributed by atoms with Crippen LogP contribution in [-0.2, 0) is 11.3 Å². The predicted octanol–water partition coefficient (Wildman–Crippen LogP) is 3.06. The van der Waals surface area contributed by atoms with Crippen molar-refractivity contribution in [1.29, 1.82) is 0 Å². The highest BCUT2D eigenvalue weighted by Crippen LogP contribution is 2.38. The summed E-state index contributed by atoms with van der Waals surface area (Å²) >= 11 is 1.94. The van der Waals surface area contributed by atoms with E-state index in [4.69, 9.17) is 4.74 Å². The van der Waals surface area contributed by atoms with Gasteiger partial charge in [-0.1, -0.05) is 0 Å². The van der Waals surface area contributed by atoms with Gasteiger partial charge in [0.25, 0.3) is 0 Å². The van der Waals surface area contributed by atoms with Crippen molar-refractivity contribution in [3.05, 3.63) is 21.9 Å². The van der Waals surface area contributed by atoms with E-state index in [1.807, 2.05) is 11.3 Å². The molecule has 0 unspecified atom stereocenters. The zero-order chi connectivity index (χ0) is 11.7. The Balaban J connectivity index is 1.64. The molecule has 3 heteroatoms. The largest absolute Gasteiger partial charge is 0.381 e. The van der Waals surface area contributed by atoms with Gasteiger partial charge in [0.1, 0.15) is 0 Å². The van der Waals surface area contributed by atoms with E-state index in [0.29, 0.717) is 5.41 Å². The fourth-order valence-corrected chi connectivity index (χ4v) is 4.14. The molecule has 1 spiro atoms. The van der Waals surface area contributed by atoms with Gasteiger partial charge in [0.15, 0.2) is 0 Å². The van der Waals surface area contributed by atoms with E-state index in [1.54, 1.807) is 0 Å². The molecule has 0 amide bonds. The summed E-state index contributed by atoms with van der Waals surface area (Å²) in [5, 5.41) is 0. The van der Waals surface area contributed by atoms with Crippen molar-refractivity contribution in [2.45, 2.75) is 32.7 Å². The Morgan fingerprint density at radius 1 is 1.41 bits per heavy atom. The van der Waals surface area contributed by atoms with Gasteiger partial charge in [-0.05, 0) is 44.9 Å². The lowest BCUT2D eigenvalue weighted by Crippen LogP contribution is -2.43. The first-order chi connectivity index (χ1) is 8.26. The lowest BCUT2D eigenvalue weighted by atomic mass is 9.79. The molecule has 2 fully saturated rings. The minimum absolute atomic E-state index is 0.491. The molecule has 2 nitrogen and oxygen atoms in total. The standard InChI is InChI=1S/C14H21NOS/c1-12-3-4-13(17-12)9-15-7-2-5-14(10-15)6-8-16-11-14/h3-4H,2,5-11H2,1H3/t14-/m1/s1. The number of aryl methyl sites for hydroxylation is 1. The molecule has 3 rings (SSSR count). The van der Waals surface area contributed by atoms with Crippen LogP contribution >= 0.6 is 11.3 Å². The smallest absolute Gasteiger partial charge is 0.0535 e. The second-order valence-electron chi connectivity index (χ2n) is 5.63. The first kappa shape index (κ1) is 11.7. The molecule has 17 heavy (non-hydrogen) atoms. The van der Waals surface area contributed by atoms with E-state index in [-0.39, 0.29) is 0 Å². The molecule has 0 aromatic carbocycles. The first-order valence-corrected chi connectivity index (χ1v) is 7.43. The van der Waals surface area contributed by atoms with Crippen molar-refractivity contribution < 1.29 is 4.74 Å². The van der Waals surface area contributed by atoms with Crippen molar-refractivity contribution in [3.8, 4) is 0 Å². The normalized spacial score (nSPS) is 30.2. The molecule has 0 aliphatic carbocycles. The molecule has 0 N–H and O–H groups in total. The van der Waals surface area contributed by atoms with Crippen LogP contribution in [0.2, 0.25) is 0 Å². The van der Waals surface area contributed by atoms with Crippen LogP contribution in [0, 0.1) is 12.3 Å². The van der Waals surface area contributed by atoms with Gasteiger partial charge in [0.2, 0.25) is 0 Å². The van der Waals surface area contributed by atoms with E-state index >= 15 is 0 Å². The van der Waals surface area contributed by atoms with Crippen molar-refractivity contribution in [2.24, 2.45) is 5.41 Å². The van der Waals surface area contributed by atoms with Gasteiger partial charge >= 0.3 is 0 Å². The maximum Gasteiger partial charge on any atom is 0.0535 e. The minimum atomic E-state index is 0.491. The number of rotatable bonds is 2. The number of hydrogen-bond donors (Lipinski definition) is 0. The summed E-state index contributed by atoms with van der Waals surface area (Å²) in [6.45, 7) is 7.80. The molecule has 0 saturated carbocycles. The van der Waals surface area contributed by atoms with Crippen LogP contribution in [0.15, 0.2) is 12.1 Å². The summed E-state index contributed by atoms with van der Waals surface area (Å²) < 4.78 is 5.62. The average Bonchev–Trinajstić information content (AvgIpc) is 2.89. The number of hydrogen-bond acceptors (Lipinski definition) is 3. The summed E-state index contributed by atoms with van der Waals surface area (Å²) in [6.07, 6.45) is 3.98. The Labute approximate surface area is 108 Å². The SMILES string of the molecule is Cc1ccc(CN2CCC[C@@]3(CCOC3)C2)s1. The lowest BCUT2D eigenvalue weighted by Gasteiger charge is -2.39. The van der Waals surface area contributed by atoms with E-state index in [0.717, 1.165) is 19.8 Å². The van der Waals surface area contributed by atoms with Crippen LogP contribution in [0.5, 0.6) is 0 Å². The Kier molecular flexibility index (Phi) is 3.24. The zero-order valence-corrected chi connectivity index (χ0v) is 11.4. The lowest BCUT2D eigenvalue weighted by molar-refractivity contribution is 0.0650. The second-order valence-corrected chi connectivity index (χ2v) is 7.00. The Morgan fingerprint density at radius 2 is 2.35 bits per heavy atom. The van der Waals surface area contributed by atoms with Gasteiger partial charge in [-0.3, -0.25) is 4.90 Å². The molecule has 0 radical (unpaired) electrons. The number of piperidine rings is 1. The van der Waals surface area contributed by atoms with Crippen LogP contribution < -0.4 is 0 Å². The monoisotopic (exact) mass is 251 g/mol. The topological polar surface area (TPSA) is 12.5 Å². The summed E-state index contributed by atoms with van der Waals surface area (Å²) in [5.41, 5.74) is 0.491. The first-order valence-electron chi connectivity index (χ1n) is 6.61. The molecule has 94 valence electrons. The van der Waals surface area contributed by atoms with Crippen LogP contribution in [0.4, 0.5) is 0 Å². The number of ether oxygens (including phenoxy) is 1. The predicted molar refractivity (Wildman–Crippen MR) is 71.4 cm³/mol. The van der Waals surface area contributed by atoms with Gasteiger partial charge in [0.05, 0.1) is 6.61 Å². The van der Waals surface area contributed by atoms with Gasteiger partial charge < -0.3 is 4.74 Å². The van der Waals surface area contributed by atoms with Crippen LogP contribution in [0.25, 0.3) is 0 Å². The summed E-state index contributed by atoms with van der Waals surface area (Å²) in [5.74, 6) is 0. The van der Waals surface area contributed by atoms with Crippen molar-refractivity contribution in [1.82, 2.24) is 4.90 Å². The highest BCUT2D eigenvalue weighted by molar-refractivity contribution is 7.11. The summed E-state index contributed by atoms with van der Waals surface area (Å²) in [6, 6.07) is 4.52. The van der Waals surface area contributed by atoms with Crippen molar-refractivity contribution in [3.63, 3.8) is 0 Å². The molecule has 2 aliphatic heterocycles. The van der Waals surface area contributed by atoms with Gasteiger partial charge in [-0.15, -0.1) is 11.3 Å². The molecule has 3 heterocycles. The van der Waals surface area contributed by atoms with Crippen LogP contribution in [-0.4, -0.2) is 31.2 Å². The van der Waals surface area contributed by atoms with Crippen LogP contribution in [0.1, 0.15) is 29.0 Å². The maximum atomic E-state index is 5.62. The third-order valence-electron chi connectivity index (χ3n) is 4.10. The minimum Gasteiger partial charge on any atom is -0.381 e. The summed E-state index contributed by atoms with van der Waals surface area (Å²) in [7, 11) is 0. The molecule has 1 aromatic rings. The summed E-state index contributed by atoms with van der Waals surface area (Å²) in [4.78, 5) is 5.57. The molecule has 2 saturated heterocycles. The third kappa shape index (κ3) is 2.56. The van der Waals surface area contributed by atoms with Gasteiger partial charge in [-0.25, -0.2) is 0 Å². The molecule has 1 atom stereocenters. The van der Waals surface area contributed by atoms with Crippen molar-refractivity contribution >= 4 is 11.3 Å². The molecular weight excluding hydrogens is 230 g/mol. The van der Waals surface area contributed by atoms with E-state index in [2.05, 4.69) is 24.0 Å². The van der Waals surface area contributed by atoms with E-state index in [9.17, 15) is 0 Å². The van der Waals surface area contributed by atoms with Crippen LogP contribution in [0.3, 0.4) is 0 Å². The van der Waals surface area contributed by atoms with Crippen molar-refractivity contribution in [2.75, 3.05) is 26.3 Å². The Morgan fingerprint density at radius 3 is 3.06 bits per heavy atom. The highest BCUT2D eigenvalue weighted by atomic mass is 32.1. The van der Waals surface area contributed by atoms with E-state index in [1.165, 1.54) is 42.1 Å².